The summed E-state index contributed by atoms with van der Waals surface area (Å²) in [7, 11) is 1.20. The number of hydrogen-bond donors (Lipinski definition) is 3. The molecule has 0 saturated carbocycles. The lowest BCUT2D eigenvalue weighted by Crippen LogP contribution is -2.60. The van der Waals surface area contributed by atoms with Crippen LogP contribution in [0.25, 0.3) is 0 Å². The molecule has 0 spiro atoms. The molecule has 0 amide bonds. The smallest absolute Gasteiger partial charge is 0.310 e. The maximum absolute atomic E-state index is 14.0. The maximum Gasteiger partial charge on any atom is 0.310 e. The Labute approximate surface area is 282 Å². The highest BCUT2D eigenvalue weighted by Gasteiger charge is 2.46. The molecular weight excluding hydrogens is 602 g/mol. The minimum absolute atomic E-state index is 0.265. The van der Waals surface area contributed by atoms with Gasteiger partial charge < -0.3 is 34.9 Å². The molecule has 3 aliphatic heterocycles. The fourth-order valence-electron chi connectivity index (χ4n) is 8.95. The number of methoxy groups -OCH3 is 1. The van der Waals surface area contributed by atoms with Crippen LogP contribution in [0.1, 0.15) is 134 Å². The van der Waals surface area contributed by atoms with Gasteiger partial charge in [0.05, 0.1) is 31.8 Å². The van der Waals surface area contributed by atoms with E-state index in [4.69, 9.17) is 18.9 Å². The molecule has 2 atom stereocenters. The van der Waals surface area contributed by atoms with Gasteiger partial charge in [0.1, 0.15) is 18.3 Å². The molecule has 0 radical (unpaired) electrons. The van der Waals surface area contributed by atoms with E-state index in [1.165, 1.54) is 7.11 Å². The monoisotopic (exact) mass is 665 g/mol. The van der Waals surface area contributed by atoms with E-state index in [1.807, 2.05) is 27.7 Å². The highest BCUT2D eigenvalue weighted by molar-refractivity contribution is 5.88. The number of carbonyl (C=O) groups is 4. The Morgan fingerprint density at radius 2 is 0.745 bits per heavy atom. The molecule has 3 N–H and O–H groups in total. The third-order valence-corrected chi connectivity index (χ3v) is 9.40. The molecule has 47 heavy (non-hydrogen) atoms. The van der Waals surface area contributed by atoms with Crippen molar-refractivity contribution < 1.29 is 38.1 Å². The van der Waals surface area contributed by atoms with E-state index >= 15 is 0 Å². The summed E-state index contributed by atoms with van der Waals surface area (Å²) in [6.45, 7) is 24.6. The summed E-state index contributed by atoms with van der Waals surface area (Å²) in [6, 6.07) is 0. The topological polar surface area (TPSA) is 141 Å². The van der Waals surface area contributed by atoms with Crippen molar-refractivity contribution in [3.8, 4) is 0 Å². The lowest BCUT2D eigenvalue weighted by Gasteiger charge is -2.46. The molecule has 0 aromatic heterocycles. The van der Waals surface area contributed by atoms with Gasteiger partial charge in [0, 0.05) is 71.8 Å². The molecule has 0 aromatic carbocycles. The van der Waals surface area contributed by atoms with Crippen LogP contribution in [0.4, 0.5) is 0 Å². The average Bonchev–Trinajstić information content (AvgIpc) is 2.79. The van der Waals surface area contributed by atoms with Gasteiger partial charge >= 0.3 is 23.9 Å². The number of esters is 4. The SMILES string of the molecule is COC(=O)C(CC(=O)OC1CC(C)(C)NC(C)(C)C1)C(CC(=O)OC1CC(C)(C)NC(C)(C)C1)C(=O)OC1CC(C)(C)NC(C)(C)C1. The molecule has 11 heteroatoms. The van der Waals surface area contributed by atoms with Crippen LogP contribution >= 0.6 is 0 Å². The first-order valence-corrected chi connectivity index (χ1v) is 17.3. The number of hydrogen-bond acceptors (Lipinski definition) is 11. The minimum Gasteiger partial charge on any atom is -0.469 e. The van der Waals surface area contributed by atoms with Crippen LogP contribution in [0.3, 0.4) is 0 Å². The normalized spacial score (nSPS) is 26.3. The quantitative estimate of drug-likeness (QED) is 0.220. The highest BCUT2D eigenvalue weighted by Crippen LogP contribution is 2.35. The summed E-state index contributed by atoms with van der Waals surface area (Å²) in [6.07, 6.45) is 1.37. The van der Waals surface area contributed by atoms with Gasteiger partial charge in [-0.05, 0) is 83.1 Å². The largest absolute Gasteiger partial charge is 0.469 e. The Bertz CT molecular complexity index is 1130. The van der Waals surface area contributed by atoms with Gasteiger partial charge in [-0.3, -0.25) is 19.2 Å². The van der Waals surface area contributed by atoms with Gasteiger partial charge in [0.25, 0.3) is 0 Å². The Morgan fingerprint density at radius 3 is 1.02 bits per heavy atom. The zero-order valence-electron chi connectivity index (χ0n) is 31.3. The molecule has 0 aromatic rings. The second-order valence-electron chi connectivity index (χ2n) is 18.3. The van der Waals surface area contributed by atoms with Crippen molar-refractivity contribution in [2.24, 2.45) is 11.8 Å². The molecule has 0 bridgehead atoms. The van der Waals surface area contributed by atoms with E-state index in [0.717, 1.165) is 0 Å². The van der Waals surface area contributed by atoms with Crippen molar-refractivity contribution in [2.75, 3.05) is 7.11 Å². The van der Waals surface area contributed by atoms with Gasteiger partial charge in [-0.15, -0.1) is 0 Å². The Kier molecular flexibility index (Phi) is 11.6. The molecule has 3 rings (SSSR count). The van der Waals surface area contributed by atoms with Gasteiger partial charge in [-0.2, -0.15) is 0 Å². The maximum atomic E-state index is 14.0. The van der Waals surface area contributed by atoms with E-state index < -0.39 is 54.7 Å². The van der Waals surface area contributed by atoms with E-state index in [1.54, 1.807) is 0 Å². The minimum atomic E-state index is -1.30. The Hall–Kier alpha value is -2.24. The highest BCUT2D eigenvalue weighted by atomic mass is 16.6. The van der Waals surface area contributed by atoms with Crippen LogP contribution < -0.4 is 16.0 Å². The molecule has 3 fully saturated rings. The average molecular weight is 666 g/mol. The molecular formula is C36H63N3O8. The van der Waals surface area contributed by atoms with Crippen LogP contribution in [0.2, 0.25) is 0 Å². The van der Waals surface area contributed by atoms with Gasteiger partial charge in [-0.1, -0.05) is 0 Å². The Morgan fingerprint density at radius 1 is 0.489 bits per heavy atom. The first-order chi connectivity index (χ1) is 21.2. The predicted octanol–water partition coefficient (Wildman–Crippen LogP) is 4.73. The third-order valence-electron chi connectivity index (χ3n) is 9.40. The predicted molar refractivity (Wildman–Crippen MR) is 179 cm³/mol. The molecule has 2 unspecified atom stereocenters. The Balaban J connectivity index is 1.86. The number of carbonyl (C=O) groups excluding carboxylic acids is 4. The summed E-state index contributed by atoms with van der Waals surface area (Å²) in [5.41, 5.74) is -1.68. The second kappa shape index (κ2) is 13.9. The number of nitrogens with one attached hydrogen (secondary N) is 3. The van der Waals surface area contributed by atoms with Crippen LogP contribution in [0.15, 0.2) is 0 Å². The number of ether oxygens (including phenoxy) is 4. The van der Waals surface area contributed by atoms with E-state index in [2.05, 4.69) is 71.3 Å². The molecule has 11 nitrogen and oxygen atoms in total. The first kappa shape index (κ1) is 39.2. The summed E-state index contributed by atoms with van der Waals surface area (Å²) >= 11 is 0. The molecule has 270 valence electrons. The van der Waals surface area contributed by atoms with Crippen LogP contribution in [0.5, 0.6) is 0 Å². The fourth-order valence-corrected chi connectivity index (χ4v) is 8.95. The van der Waals surface area contributed by atoms with Gasteiger partial charge in [0.15, 0.2) is 0 Å². The van der Waals surface area contributed by atoms with Crippen molar-refractivity contribution in [2.45, 2.75) is 186 Å². The van der Waals surface area contributed by atoms with E-state index in [-0.39, 0.29) is 45.4 Å². The van der Waals surface area contributed by atoms with E-state index in [0.29, 0.717) is 38.5 Å². The number of rotatable bonds is 10. The molecule has 3 saturated heterocycles. The second-order valence-corrected chi connectivity index (χ2v) is 18.3. The van der Waals surface area contributed by atoms with Crippen LogP contribution in [0, 0.1) is 11.8 Å². The van der Waals surface area contributed by atoms with Crippen molar-refractivity contribution in [3.05, 3.63) is 0 Å². The zero-order chi connectivity index (χ0) is 35.8. The first-order valence-electron chi connectivity index (χ1n) is 17.3. The van der Waals surface area contributed by atoms with Gasteiger partial charge in [-0.25, -0.2) is 0 Å². The molecule has 0 aliphatic carbocycles. The van der Waals surface area contributed by atoms with E-state index in [9.17, 15) is 19.2 Å². The molecule has 3 aliphatic rings. The number of piperidine rings is 3. The lowest BCUT2D eigenvalue weighted by atomic mass is 9.80. The summed E-state index contributed by atoms with van der Waals surface area (Å²) in [5, 5.41) is 10.7. The van der Waals surface area contributed by atoms with Gasteiger partial charge in [0.2, 0.25) is 0 Å². The van der Waals surface area contributed by atoms with Crippen LogP contribution in [-0.4, -0.2) is 82.5 Å². The van der Waals surface area contributed by atoms with Crippen molar-refractivity contribution in [1.82, 2.24) is 16.0 Å². The zero-order valence-corrected chi connectivity index (χ0v) is 31.3. The third kappa shape index (κ3) is 12.0. The summed E-state index contributed by atoms with van der Waals surface area (Å²) in [5.74, 6) is -5.35. The van der Waals surface area contributed by atoms with Crippen molar-refractivity contribution in [3.63, 3.8) is 0 Å². The lowest BCUT2D eigenvalue weighted by molar-refractivity contribution is -0.174. The van der Waals surface area contributed by atoms with Crippen LogP contribution in [-0.2, 0) is 38.1 Å². The summed E-state index contributed by atoms with van der Waals surface area (Å²) < 4.78 is 23.1. The van der Waals surface area contributed by atoms with Crippen molar-refractivity contribution >= 4 is 23.9 Å². The molecule has 3 heterocycles. The standard InChI is InChI=1S/C36H63N3O8/c1-31(2)16-22(17-32(3,4)37-31)45-27(40)14-25(29(42)44-13)26(30(43)47-24-20-35(9,10)39-36(11,12)21-24)15-28(41)46-23-18-33(5,6)38-34(7,8)19-23/h22-26,37-39H,14-21H2,1-13H3. The van der Waals surface area contributed by atoms with Crippen molar-refractivity contribution in [1.29, 1.82) is 0 Å². The summed E-state index contributed by atoms with van der Waals surface area (Å²) in [4.78, 5) is 54.4. The fraction of sp³-hybridized carbons (Fsp3) is 0.889.